The van der Waals surface area contributed by atoms with Gasteiger partial charge in [-0.1, -0.05) is 54.1 Å². The standard InChI is InChI=1S/C25H21ClN4O2/c1-31-21-13-10-19(24(14-21)32-2)16-27-30-25-28-22(17-6-4-3-5-7-17)15-23(29-25)18-8-11-20(26)12-9-18/h3-16H,1-2H3,(H,28,29,30)/b27-16+. The minimum Gasteiger partial charge on any atom is -0.497 e. The average Bonchev–Trinajstić information content (AvgIpc) is 2.85. The lowest BCUT2D eigenvalue weighted by Crippen LogP contribution is -2.01. The number of aromatic nitrogens is 2. The number of ether oxygens (including phenoxy) is 2. The van der Waals surface area contributed by atoms with Gasteiger partial charge in [-0.2, -0.15) is 5.10 Å². The quantitative estimate of drug-likeness (QED) is 0.283. The summed E-state index contributed by atoms with van der Waals surface area (Å²) in [7, 11) is 3.21. The number of nitrogens with zero attached hydrogens (tertiary/aromatic N) is 3. The predicted octanol–water partition coefficient (Wildman–Crippen LogP) is 5.93. The summed E-state index contributed by atoms with van der Waals surface area (Å²) in [5, 5.41) is 4.99. The summed E-state index contributed by atoms with van der Waals surface area (Å²) in [6.45, 7) is 0. The third kappa shape index (κ3) is 5.04. The van der Waals surface area contributed by atoms with E-state index in [-0.39, 0.29) is 0 Å². The number of nitrogens with one attached hydrogen (secondary N) is 1. The summed E-state index contributed by atoms with van der Waals surface area (Å²) in [5.74, 6) is 1.73. The molecule has 0 saturated heterocycles. The Labute approximate surface area is 191 Å². The third-order valence-electron chi connectivity index (χ3n) is 4.74. The van der Waals surface area contributed by atoms with Crippen LogP contribution in [-0.2, 0) is 0 Å². The molecule has 6 nitrogen and oxygen atoms in total. The second-order valence-corrected chi connectivity index (χ2v) is 7.25. The Morgan fingerprint density at radius 1 is 0.812 bits per heavy atom. The van der Waals surface area contributed by atoms with E-state index < -0.39 is 0 Å². The maximum absolute atomic E-state index is 6.05. The number of hydrogen-bond acceptors (Lipinski definition) is 6. The molecule has 0 spiro atoms. The molecule has 3 aromatic carbocycles. The number of benzene rings is 3. The highest BCUT2D eigenvalue weighted by Crippen LogP contribution is 2.26. The molecule has 1 N–H and O–H groups in total. The molecule has 0 saturated carbocycles. The van der Waals surface area contributed by atoms with Gasteiger partial charge in [0, 0.05) is 27.8 Å². The van der Waals surface area contributed by atoms with Crippen molar-refractivity contribution in [2.24, 2.45) is 5.10 Å². The van der Waals surface area contributed by atoms with E-state index in [1.165, 1.54) is 0 Å². The molecule has 0 bridgehead atoms. The highest BCUT2D eigenvalue weighted by atomic mass is 35.5. The zero-order valence-electron chi connectivity index (χ0n) is 17.6. The van der Waals surface area contributed by atoms with Gasteiger partial charge in [0.05, 0.1) is 31.8 Å². The lowest BCUT2D eigenvalue weighted by atomic mass is 10.1. The van der Waals surface area contributed by atoms with Crippen molar-refractivity contribution in [1.82, 2.24) is 9.97 Å². The molecule has 0 atom stereocenters. The van der Waals surface area contributed by atoms with Crippen LogP contribution >= 0.6 is 11.6 Å². The highest BCUT2D eigenvalue weighted by molar-refractivity contribution is 6.30. The Bertz CT molecular complexity index is 1230. The number of hydrogen-bond donors (Lipinski definition) is 1. The molecule has 0 aliphatic carbocycles. The zero-order valence-corrected chi connectivity index (χ0v) is 18.4. The molecule has 0 aliphatic rings. The van der Waals surface area contributed by atoms with Crippen LogP contribution in [0.15, 0.2) is 84.0 Å². The van der Waals surface area contributed by atoms with Crippen molar-refractivity contribution in [2.75, 3.05) is 19.6 Å². The molecule has 7 heteroatoms. The summed E-state index contributed by atoms with van der Waals surface area (Å²) < 4.78 is 10.6. The summed E-state index contributed by atoms with van der Waals surface area (Å²) in [6, 6.07) is 24.9. The van der Waals surface area contributed by atoms with E-state index in [4.69, 9.17) is 21.1 Å². The van der Waals surface area contributed by atoms with Crippen molar-refractivity contribution < 1.29 is 9.47 Å². The molecule has 0 radical (unpaired) electrons. The van der Waals surface area contributed by atoms with Gasteiger partial charge in [-0.3, -0.25) is 0 Å². The molecule has 1 aromatic heterocycles. The van der Waals surface area contributed by atoms with Gasteiger partial charge in [-0.05, 0) is 30.3 Å². The minimum atomic E-state index is 0.375. The predicted molar refractivity (Wildman–Crippen MR) is 129 cm³/mol. The Morgan fingerprint density at radius 2 is 1.50 bits per heavy atom. The van der Waals surface area contributed by atoms with Crippen LogP contribution in [0.3, 0.4) is 0 Å². The first-order valence-electron chi connectivity index (χ1n) is 9.88. The van der Waals surface area contributed by atoms with Gasteiger partial charge in [0.25, 0.3) is 0 Å². The van der Waals surface area contributed by atoms with Crippen molar-refractivity contribution >= 4 is 23.8 Å². The molecule has 0 amide bonds. The molecular formula is C25H21ClN4O2. The van der Waals surface area contributed by atoms with Crippen LogP contribution < -0.4 is 14.9 Å². The number of anilines is 1. The first-order chi connectivity index (χ1) is 15.7. The zero-order chi connectivity index (χ0) is 22.3. The topological polar surface area (TPSA) is 68.6 Å². The molecular weight excluding hydrogens is 424 g/mol. The van der Waals surface area contributed by atoms with Crippen LogP contribution in [0.4, 0.5) is 5.95 Å². The molecule has 0 aliphatic heterocycles. The third-order valence-corrected chi connectivity index (χ3v) is 5.00. The van der Waals surface area contributed by atoms with E-state index in [1.54, 1.807) is 26.5 Å². The van der Waals surface area contributed by atoms with Crippen LogP contribution in [0, 0.1) is 0 Å². The number of halogens is 1. The second-order valence-electron chi connectivity index (χ2n) is 6.81. The molecule has 4 aromatic rings. The summed E-state index contributed by atoms with van der Waals surface area (Å²) in [5.41, 5.74) is 7.18. The van der Waals surface area contributed by atoms with Crippen LogP contribution in [0.25, 0.3) is 22.5 Å². The normalized spacial score (nSPS) is 10.8. The van der Waals surface area contributed by atoms with Crippen molar-refractivity contribution in [3.63, 3.8) is 0 Å². The van der Waals surface area contributed by atoms with Gasteiger partial charge in [0.15, 0.2) is 0 Å². The fourth-order valence-electron chi connectivity index (χ4n) is 3.11. The first-order valence-corrected chi connectivity index (χ1v) is 10.3. The van der Waals surface area contributed by atoms with Crippen molar-refractivity contribution in [2.45, 2.75) is 0 Å². The lowest BCUT2D eigenvalue weighted by Gasteiger charge is -2.09. The second kappa shape index (κ2) is 9.94. The van der Waals surface area contributed by atoms with E-state index in [0.717, 1.165) is 28.1 Å². The molecule has 0 unspecified atom stereocenters. The summed E-state index contributed by atoms with van der Waals surface area (Å²) >= 11 is 6.05. The van der Waals surface area contributed by atoms with Crippen molar-refractivity contribution in [1.29, 1.82) is 0 Å². The lowest BCUT2D eigenvalue weighted by molar-refractivity contribution is 0.394. The Hall–Kier alpha value is -3.90. The number of rotatable bonds is 7. The van der Waals surface area contributed by atoms with Gasteiger partial charge in [0.1, 0.15) is 11.5 Å². The van der Waals surface area contributed by atoms with Gasteiger partial charge in [-0.25, -0.2) is 15.4 Å². The van der Waals surface area contributed by atoms with Crippen LogP contribution in [0.2, 0.25) is 5.02 Å². The Kier molecular flexibility index (Phi) is 6.63. The van der Waals surface area contributed by atoms with Crippen LogP contribution in [0.5, 0.6) is 11.5 Å². The largest absolute Gasteiger partial charge is 0.497 e. The maximum atomic E-state index is 6.05. The summed E-state index contributed by atoms with van der Waals surface area (Å²) in [6.07, 6.45) is 1.65. The van der Waals surface area contributed by atoms with Gasteiger partial charge >= 0.3 is 0 Å². The fraction of sp³-hybridized carbons (Fsp3) is 0.0800. The van der Waals surface area contributed by atoms with Crippen molar-refractivity contribution in [3.8, 4) is 34.0 Å². The smallest absolute Gasteiger partial charge is 0.244 e. The molecule has 160 valence electrons. The van der Waals surface area contributed by atoms with Crippen LogP contribution in [-0.4, -0.2) is 30.4 Å². The SMILES string of the molecule is COc1ccc(/C=N/Nc2nc(-c3ccccc3)cc(-c3ccc(Cl)cc3)n2)c(OC)c1. The summed E-state index contributed by atoms with van der Waals surface area (Å²) in [4.78, 5) is 9.26. The van der Waals surface area contributed by atoms with Gasteiger partial charge < -0.3 is 9.47 Å². The maximum Gasteiger partial charge on any atom is 0.244 e. The molecule has 0 fully saturated rings. The Morgan fingerprint density at radius 3 is 2.16 bits per heavy atom. The molecule has 1 heterocycles. The Balaban J connectivity index is 1.66. The molecule has 4 rings (SSSR count). The van der Waals surface area contributed by atoms with Gasteiger partial charge in [0.2, 0.25) is 5.95 Å². The van der Waals surface area contributed by atoms with E-state index >= 15 is 0 Å². The van der Waals surface area contributed by atoms with Gasteiger partial charge in [-0.15, -0.1) is 0 Å². The van der Waals surface area contributed by atoms with E-state index in [0.29, 0.717) is 22.5 Å². The highest BCUT2D eigenvalue weighted by Gasteiger charge is 2.09. The van der Waals surface area contributed by atoms with Crippen molar-refractivity contribution in [3.05, 3.63) is 89.4 Å². The van der Waals surface area contributed by atoms with E-state index in [2.05, 4.69) is 20.5 Å². The monoisotopic (exact) mass is 444 g/mol. The minimum absolute atomic E-state index is 0.375. The number of methoxy groups -OCH3 is 2. The molecule has 32 heavy (non-hydrogen) atoms. The fourth-order valence-corrected chi connectivity index (χ4v) is 3.23. The van der Waals surface area contributed by atoms with E-state index in [1.807, 2.05) is 72.8 Å². The average molecular weight is 445 g/mol. The number of hydrazone groups is 1. The van der Waals surface area contributed by atoms with E-state index in [9.17, 15) is 0 Å². The van der Waals surface area contributed by atoms with Crippen LogP contribution in [0.1, 0.15) is 5.56 Å². The first kappa shape index (κ1) is 21.3.